The van der Waals surface area contributed by atoms with Crippen molar-refractivity contribution >= 4 is 17.9 Å². The maximum Gasteiger partial charge on any atom is 0.306 e. The molecule has 0 N–H and O–H groups in total. The van der Waals surface area contributed by atoms with Gasteiger partial charge in [-0.2, -0.15) is 0 Å². The Morgan fingerprint density at radius 3 is 0.924 bits per heavy atom. The molecule has 1 unspecified atom stereocenters. The van der Waals surface area contributed by atoms with Crippen LogP contribution in [0.1, 0.15) is 181 Å². The second kappa shape index (κ2) is 52.7. The Hall–Kier alpha value is -4.97. The smallest absolute Gasteiger partial charge is 0.306 e. The summed E-state index contributed by atoms with van der Waals surface area (Å²) in [7, 11) is 0. The van der Waals surface area contributed by atoms with Crippen LogP contribution in [0.2, 0.25) is 0 Å². The lowest BCUT2D eigenvalue weighted by Crippen LogP contribution is -2.30. The molecule has 0 amide bonds. The third-order valence-corrected chi connectivity index (χ3v) is 9.79. The Morgan fingerprint density at radius 2 is 0.591 bits per heavy atom. The lowest BCUT2D eigenvalue weighted by atomic mass is 10.1. The molecule has 0 spiro atoms. The second-order valence-electron chi connectivity index (χ2n) is 16.0. The van der Waals surface area contributed by atoms with Crippen molar-refractivity contribution in [1.82, 2.24) is 0 Å². The zero-order valence-electron chi connectivity index (χ0n) is 41.6. The first-order valence-corrected chi connectivity index (χ1v) is 25.5. The Labute approximate surface area is 403 Å². The van der Waals surface area contributed by atoms with Crippen molar-refractivity contribution in [3.05, 3.63) is 158 Å². The summed E-state index contributed by atoms with van der Waals surface area (Å²) in [6, 6.07) is 0. The molecule has 1 atom stereocenters. The van der Waals surface area contributed by atoms with Crippen LogP contribution in [0.3, 0.4) is 0 Å². The summed E-state index contributed by atoms with van der Waals surface area (Å²) >= 11 is 0. The minimum absolute atomic E-state index is 0.169. The van der Waals surface area contributed by atoms with Gasteiger partial charge < -0.3 is 14.2 Å². The van der Waals surface area contributed by atoms with Crippen molar-refractivity contribution in [2.75, 3.05) is 13.2 Å². The number of rotatable bonds is 43. The van der Waals surface area contributed by atoms with Gasteiger partial charge in [0.05, 0.1) is 0 Å². The summed E-state index contributed by atoms with van der Waals surface area (Å²) in [6.45, 7) is 6.18. The number of unbranched alkanes of at least 4 members (excludes halogenated alkanes) is 6. The monoisotopic (exact) mass is 907 g/mol. The predicted octanol–water partition coefficient (Wildman–Crippen LogP) is 17.0. The van der Waals surface area contributed by atoms with Crippen molar-refractivity contribution in [3.63, 3.8) is 0 Å². The van der Waals surface area contributed by atoms with E-state index in [1.165, 1.54) is 38.5 Å². The van der Waals surface area contributed by atoms with Gasteiger partial charge in [-0.1, -0.05) is 211 Å². The molecule has 0 aromatic carbocycles. The van der Waals surface area contributed by atoms with Gasteiger partial charge in [0, 0.05) is 19.3 Å². The highest BCUT2D eigenvalue weighted by Crippen LogP contribution is 2.09. The number of hydrogen-bond donors (Lipinski definition) is 0. The molecule has 6 nitrogen and oxygen atoms in total. The molecule has 0 fully saturated rings. The van der Waals surface area contributed by atoms with Crippen LogP contribution >= 0.6 is 0 Å². The molecule has 0 rings (SSSR count). The zero-order valence-corrected chi connectivity index (χ0v) is 41.6. The molecule has 66 heavy (non-hydrogen) atoms. The fraction of sp³-hybridized carbons (Fsp3) is 0.517. The molecular weight excluding hydrogens is 817 g/mol. The van der Waals surface area contributed by atoms with Crippen LogP contribution in [0.5, 0.6) is 0 Å². The molecule has 0 bridgehead atoms. The van der Waals surface area contributed by atoms with Gasteiger partial charge in [-0.05, 0) is 109 Å². The topological polar surface area (TPSA) is 78.9 Å². The summed E-state index contributed by atoms with van der Waals surface area (Å²) in [5, 5.41) is 0. The third kappa shape index (κ3) is 50.0. The average molecular weight is 907 g/mol. The SMILES string of the molecule is CC/C=C/C/C=C/C/C=C/C/C=C/C/C=C/C/C=C/CCC(=O)OCC(COC(=O)CC/C=C/C/C=C/CCCCCCCC)OC(=O)CC/C=C/C/C=C/C/C=C/C/C=C/C/C=C/CC. The van der Waals surface area contributed by atoms with Gasteiger partial charge in [-0.3, -0.25) is 14.4 Å². The van der Waals surface area contributed by atoms with E-state index in [1.54, 1.807) is 0 Å². The van der Waals surface area contributed by atoms with Crippen LogP contribution in [0.25, 0.3) is 0 Å². The number of ether oxygens (including phenoxy) is 3. The maximum absolute atomic E-state index is 12.8. The predicted molar refractivity (Wildman–Crippen MR) is 283 cm³/mol. The normalized spacial score (nSPS) is 13.4. The Bertz CT molecular complexity index is 1560. The molecule has 0 aliphatic carbocycles. The van der Waals surface area contributed by atoms with Crippen LogP contribution in [0, 0.1) is 0 Å². The maximum atomic E-state index is 12.8. The number of allylic oxidation sites excluding steroid dienone is 26. The summed E-state index contributed by atoms with van der Waals surface area (Å²) in [4.78, 5) is 37.9. The van der Waals surface area contributed by atoms with E-state index in [9.17, 15) is 14.4 Å². The zero-order chi connectivity index (χ0) is 47.9. The molecule has 0 aliphatic heterocycles. The van der Waals surface area contributed by atoms with E-state index in [2.05, 4.69) is 148 Å². The highest BCUT2D eigenvalue weighted by Gasteiger charge is 2.19. The number of hydrogen-bond acceptors (Lipinski definition) is 6. The molecule has 0 aromatic rings. The van der Waals surface area contributed by atoms with Gasteiger partial charge in [0.15, 0.2) is 6.10 Å². The second-order valence-corrected chi connectivity index (χ2v) is 16.0. The molecule has 366 valence electrons. The number of esters is 3. The first-order chi connectivity index (χ1) is 32.5. The van der Waals surface area contributed by atoms with Crippen LogP contribution < -0.4 is 0 Å². The fourth-order valence-electron chi connectivity index (χ4n) is 6.04. The molecule has 0 aliphatic rings. The Balaban J connectivity index is 4.70. The molecule has 0 aromatic heterocycles. The minimum Gasteiger partial charge on any atom is -0.462 e. The quantitative estimate of drug-likeness (QED) is 0.0262. The lowest BCUT2D eigenvalue weighted by Gasteiger charge is -2.18. The highest BCUT2D eigenvalue weighted by atomic mass is 16.6. The van der Waals surface area contributed by atoms with E-state index in [0.29, 0.717) is 19.3 Å². The standard InChI is InChI=1S/C60H90O6/c1-4-7-10-13-16-19-22-25-27-29-30-31-33-35-38-41-44-47-50-53-59(62)65-56-57(55-64-58(61)52-49-46-43-40-37-34-24-21-18-15-12-9-6-3)66-60(63)54-51-48-45-42-39-36-32-28-26-23-20-17-14-11-8-5-2/h7-8,10-11,16-17,19-20,25-28,30-31,34-39,43-48,57H,4-6,9,12-15,18,21-24,29,32-33,40-42,49-56H2,1-3H3/b10-7+,11-8+,19-16+,20-17+,27-25+,28-26+,31-30+,37-34+,38-35+,39-36+,46-43+,47-44+,48-45+. The summed E-state index contributed by atoms with van der Waals surface area (Å²) < 4.78 is 16.6. The summed E-state index contributed by atoms with van der Waals surface area (Å²) in [5.41, 5.74) is 0. The van der Waals surface area contributed by atoms with E-state index in [0.717, 1.165) is 83.5 Å². The molecule has 0 saturated heterocycles. The third-order valence-electron chi connectivity index (χ3n) is 9.79. The van der Waals surface area contributed by atoms with Gasteiger partial charge in [-0.15, -0.1) is 0 Å². The van der Waals surface area contributed by atoms with Crippen LogP contribution in [0.15, 0.2) is 158 Å². The van der Waals surface area contributed by atoms with E-state index in [4.69, 9.17) is 14.2 Å². The number of carbonyl (C=O) groups is 3. The molecule has 6 heteroatoms. The van der Waals surface area contributed by atoms with Crippen molar-refractivity contribution in [2.24, 2.45) is 0 Å². The molecule has 0 radical (unpaired) electrons. The number of carbonyl (C=O) groups excluding carboxylic acids is 3. The van der Waals surface area contributed by atoms with E-state index < -0.39 is 18.0 Å². The summed E-state index contributed by atoms with van der Waals surface area (Å²) in [6.07, 6.45) is 76.9. The van der Waals surface area contributed by atoms with Crippen molar-refractivity contribution in [3.8, 4) is 0 Å². The van der Waals surface area contributed by atoms with Gasteiger partial charge in [0.1, 0.15) is 13.2 Å². The van der Waals surface area contributed by atoms with Crippen molar-refractivity contribution < 1.29 is 28.6 Å². The van der Waals surface area contributed by atoms with E-state index in [-0.39, 0.29) is 38.4 Å². The molecule has 0 saturated carbocycles. The fourth-order valence-corrected chi connectivity index (χ4v) is 6.04. The van der Waals surface area contributed by atoms with Crippen molar-refractivity contribution in [1.29, 1.82) is 0 Å². The van der Waals surface area contributed by atoms with Crippen LogP contribution in [-0.2, 0) is 28.6 Å². The first-order valence-electron chi connectivity index (χ1n) is 25.5. The van der Waals surface area contributed by atoms with Crippen LogP contribution in [0.4, 0.5) is 0 Å². The van der Waals surface area contributed by atoms with Gasteiger partial charge in [0.2, 0.25) is 0 Å². The Morgan fingerprint density at radius 1 is 0.318 bits per heavy atom. The van der Waals surface area contributed by atoms with Gasteiger partial charge in [-0.25, -0.2) is 0 Å². The first kappa shape index (κ1) is 61.0. The molecular formula is C60H90O6. The molecule has 0 heterocycles. The minimum atomic E-state index is -0.878. The van der Waals surface area contributed by atoms with E-state index in [1.807, 2.05) is 30.4 Å². The Kier molecular flexibility index (Phi) is 48.7. The highest BCUT2D eigenvalue weighted by molar-refractivity contribution is 5.71. The lowest BCUT2D eigenvalue weighted by molar-refractivity contribution is -0.166. The summed E-state index contributed by atoms with van der Waals surface area (Å²) in [5.74, 6) is -1.22. The largest absolute Gasteiger partial charge is 0.462 e. The van der Waals surface area contributed by atoms with Crippen molar-refractivity contribution in [2.45, 2.75) is 187 Å². The average Bonchev–Trinajstić information content (AvgIpc) is 3.31. The van der Waals surface area contributed by atoms with Gasteiger partial charge in [0.25, 0.3) is 0 Å². The van der Waals surface area contributed by atoms with E-state index >= 15 is 0 Å². The van der Waals surface area contributed by atoms with Crippen LogP contribution in [-0.4, -0.2) is 37.2 Å². The van der Waals surface area contributed by atoms with Gasteiger partial charge >= 0.3 is 17.9 Å².